The molecule has 1 aliphatic rings. The van der Waals surface area contributed by atoms with Crippen molar-refractivity contribution in [1.29, 1.82) is 0 Å². The van der Waals surface area contributed by atoms with Crippen LogP contribution in [0.1, 0.15) is 48.7 Å². The van der Waals surface area contributed by atoms with Crippen LogP contribution in [0.2, 0.25) is 0 Å². The second kappa shape index (κ2) is 12.0. The van der Waals surface area contributed by atoms with Gasteiger partial charge in [0.2, 0.25) is 5.76 Å². The molecule has 1 aliphatic heterocycles. The third-order valence-corrected chi connectivity index (χ3v) is 6.07. The van der Waals surface area contributed by atoms with E-state index < -0.39 is 6.10 Å². The maximum absolute atomic E-state index is 9.78. The lowest BCUT2D eigenvalue weighted by atomic mass is 10.1. The van der Waals surface area contributed by atoms with Gasteiger partial charge in [0.05, 0.1) is 6.54 Å². The summed E-state index contributed by atoms with van der Waals surface area (Å²) in [6.07, 6.45) is 4.76. The normalized spacial score (nSPS) is 15.7. The zero-order valence-corrected chi connectivity index (χ0v) is 19.9. The number of likely N-dealkylation sites (tertiary alicyclic amines) is 1. The number of hydrogen-bond donors (Lipinski definition) is 3. The molecule has 3 aromatic rings. The Balaban J connectivity index is 1.27. The van der Waals surface area contributed by atoms with Crippen LogP contribution in [0.4, 0.5) is 0 Å². The Morgan fingerprint density at radius 1 is 1.14 bits per heavy atom. The number of benzene rings is 1. The van der Waals surface area contributed by atoms with E-state index in [0.29, 0.717) is 30.4 Å². The van der Waals surface area contributed by atoms with Crippen molar-refractivity contribution >= 4 is 0 Å². The zero-order valence-electron chi connectivity index (χ0n) is 19.9. The second-order valence-electron chi connectivity index (χ2n) is 8.90. The molecular weight excluding hydrogens is 448 g/mol. The van der Waals surface area contributed by atoms with E-state index in [9.17, 15) is 15.3 Å². The van der Waals surface area contributed by atoms with Gasteiger partial charge in [-0.3, -0.25) is 0 Å². The molecule has 3 N–H and O–H groups in total. The summed E-state index contributed by atoms with van der Waals surface area (Å²) in [6.45, 7) is 4.64. The molecule has 0 aliphatic carbocycles. The van der Waals surface area contributed by atoms with Crippen molar-refractivity contribution in [3.8, 4) is 17.6 Å². The van der Waals surface area contributed by atoms with E-state index in [-0.39, 0.29) is 25.2 Å². The highest BCUT2D eigenvalue weighted by atomic mass is 16.5. The number of aromatic nitrogens is 3. The first-order valence-electron chi connectivity index (χ1n) is 11.9. The third-order valence-electron chi connectivity index (χ3n) is 6.07. The van der Waals surface area contributed by atoms with Gasteiger partial charge in [0.1, 0.15) is 29.5 Å². The molecular formula is C26H32N4O5. The number of aliphatic hydroxyl groups is 3. The number of hydrogen-bond acceptors (Lipinski definition) is 8. The molecule has 0 radical (unpaired) electrons. The summed E-state index contributed by atoms with van der Waals surface area (Å²) in [5, 5.41) is 32.4. The molecule has 0 saturated carbocycles. The summed E-state index contributed by atoms with van der Waals surface area (Å²) in [4.78, 5) is 6.43. The van der Waals surface area contributed by atoms with Gasteiger partial charge in [-0.2, -0.15) is 0 Å². The van der Waals surface area contributed by atoms with Gasteiger partial charge in [0.15, 0.2) is 0 Å². The molecule has 4 rings (SSSR count). The fourth-order valence-corrected chi connectivity index (χ4v) is 4.13. The first kappa shape index (κ1) is 24.9. The molecule has 1 aromatic carbocycles. The quantitative estimate of drug-likeness (QED) is 0.397. The molecule has 1 atom stereocenters. The largest absolute Gasteiger partial charge is 0.490 e. The van der Waals surface area contributed by atoms with E-state index in [1.165, 1.54) is 0 Å². The molecule has 1 saturated heterocycles. The Morgan fingerprint density at radius 3 is 2.57 bits per heavy atom. The minimum atomic E-state index is -0.660. The Morgan fingerprint density at radius 2 is 1.89 bits per heavy atom. The molecule has 186 valence electrons. The van der Waals surface area contributed by atoms with E-state index >= 15 is 0 Å². The van der Waals surface area contributed by atoms with Gasteiger partial charge in [0.25, 0.3) is 0 Å². The van der Waals surface area contributed by atoms with E-state index in [4.69, 9.17) is 9.26 Å². The predicted octanol–water partition coefficient (Wildman–Crippen LogP) is 1.82. The predicted molar refractivity (Wildman–Crippen MR) is 129 cm³/mol. The lowest BCUT2D eigenvalue weighted by Crippen LogP contribution is -2.41. The van der Waals surface area contributed by atoms with E-state index in [1.807, 2.05) is 28.8 Å². The van der Waals surface area contributed by atoms with Gasteiger partial charge < -0.3 is 34.0 Å². The van der Waals surface area contributed by atoms with E-state index in [1.54, 1.807) is 25.4 Å². The van der Waals surface area contributed by atoms with Crippen molar-refractivity contribution in [3.05, 3.63) is 65.6 Å². The number of imidazole rings is 1. The SMILES string of the molecule is C[C@H](O)c1nccn1Cc1cc(C#Cc2ccc(OC3CCN(CC(CO)CO)CC3)cc2)on1. The maximum Gasteiger partial charge on any atom is 0.210 e. The summed E-state index contributed by atoms with van der Waals surface area (Å²) in [5.41, 5.74) is 1.54. The monoisotopic (exact) mass is 480 g/mol. The molecule has 0 unspecified atom stereocenters. The molecule has 0 amide bonds. The maximum atomic E-state index is 9.78. The van der Waals surface area contributed by atoms with Crippen molar-refractivity contribution in [1.82, 2.24) is 19.6 Å². The minimum absolute atomic E-state index is 0.0100. The van der Waals surface area contributed by atoms with E-state index in [2.05, 4.69) is 26.9 Å². The van der Waals surface area contributed by atoms with Gasteiger partial charge in [-0.25, -0.2) is 4.98 Å². The average Bonchev–Trinajstić information content (AvgIpc) is 3.53. The molecule has 9 nitrogen and oxygen atoms in total. The lowest BCUT2D eigenvalue weighted by molar-refractivity contribution is 0.0652. The molecule has 3 heterocycles. The summed E-state index contributed by atoms with van der Waals surface area (Å²) < 4.78 is 13.3. The lowest BCUT2D eigenvalue weighted by Gasteiger charge is -2.33. The number of ether oxygens (including phenoxy) is 1. The Labute approximate surface area is 205 Å². The van der Waals surface area contributed by atoms with Gasteiger partial charge in [-0.1, -0.05) is 11.1 Å². The van der Waals surface area contributed by atoms with Crippen molar-refractivity contribution < 1.29 is 24.6 Å². The highest BCUT2D eigenvalue weighted by Gasteiger charge is 2.22. The van der Waals surface area contributed by atoms with Crippen LogP contribution >= 0.6 is 0 Å². The van der Waals surface area contributed by atoms with Crippen LogP contribution in [0.5, 0.6) is 5.75 Å². The van der Waals surface area contributed by atoms with Gasteiger partial charge in [0, 0.05) is 62.8 Å². The van der Waals surface area contributed by atoms with Crippen LogP contribution in [-0.4, -0.2) is 73.9 Å². The molecule has 9 heteroatoms. The minimum Gasteiger partial charge on any atom is -0.490 e. The molecule has 2 aromatic heterocycles. The summed E-state index contributed by atoms with van der Waals surface area (Å²) >= 11 is 0. The van der Waals surface area contributed by atoms with Crippen LogP contribution in [0, 0.1) is 17.8 Å². The zero-order chi connectivity index (χ0) is 24.6. The van der Waals surface area contributed by atoms with Gasteiger partial charge in [-0.15, -0.1) is 0 Å². The Hall–Kier alpha value is -3.16. The van der Waals surface area contributed by atoms with Crippen LogP contribution in [0.25, 0.3) is 0 Å². The van der Waals surface area contributed by atoms with Crippen molar-refractivity contribution in [2.24, 2.45) is 5.92 Å². The number of aliphatic hydroxyl groups excluding tert-OH is 3. The van der Waals surface area contributed by atoms with Crippen LogP contribution in [-0.2, 0) is 6.54 Å². The second-order valence-corrected chi connectivity index (χ2v) is 8.90. The highest BCUT2D eigenvalue weighted by molar-refractivity contribution is 5.41. The summed E-state index contributed by atoms with van der Waals surface area (Å²) in [5.74, 6) is 7.85. The van der Waals surface area contributed by atoms with E-state index in [0.717, 1.165) is 37.2 Å². The average molecular weight is 481 g/mol. The number of rotatable bonds is 9. The van der Waals surface area contributed by atoms with Gasteiger partial charge >= 0.3 is 0 Å². The molecule has 0 spiro atoms. The molecule has 1 fully saturated rings. The summed E-state index contributed by atoms with van der Waals surface area (Å²) in [6, 6.07) is 9.47. The van der Waals surface area contributed by atoms with Crippen LogP contribution in [0.3, 0.4) is 0 Å². The first-order chi connectivity index (χ1) is 17.0. The summed E-state index contributed by atoms with van der Waals surface area (Å²) in [7, 11) is 0. The molecule has 0 bridgehead atoms. The fraction of sp³-hybridized carbons (Fsp3) is 0.462. The van der Waals surface area contributed by atoms with Gasteiger partial charge in [-0.05, 0) is 50.0 Å². The Kier molecular flexibility index (Phi) is 8.55. The number of nitrogens with zero attached hydrogens (tertiary/aromatic N) is 4. The smallest absolute Gasteiger partial charge is 0.210 e. The van der Waals surface area contributed by atoms with Crippen molar-refractivity contribution in [2.45, 2.75) is 38.5 Å². The molecule has 35 heavy (non-hydrogen) atoms. The van der Waals surface area contributed by atoms with Crippen molar-refractivity contribution in [3.63, 3.8) is 0 Å². The third kappa shape index (κ3) is 6.93. The highest BCUT2D eigenvalue weighted by Crippen LogP contribution is 2.20. The van der Waals surface area contributed by atoms with Crippen LogP contribution in [0.15, 0.2) is 47.2 Å². The number of piperidine rings is 1. The fourth-order valence-electron chi connectivity index (χ4n) is 4.13. The first-order valence-corrected chi connectivity index (χ1v) is 11.9. The topological polar surface area (TPSA) is 117 Å². The van der Waals surface area contributed by atoms with Crippen molar-refractivity contribution in [2.75, 3.05) is 32.8 Å². The standard InChI is InChI=1S/C26H32N4O5/c1-19(33)26-27-10-13-30(26)16-22-14-25(35-28-22)7-4-20-2-5-23(6-3-20)34-24-8-11-29(12-9-24)15-21(17-31)18-32/h2-3,5-6,10,13-14,19,21,24,31-33H,8-9,11-12,15-18H2,1H3/t19-/m0/s1. The van der Waals surface area contributed by atoms with Crippen LogP contribution < -0.4 is 4.74 Å². The Bertz CT molecular complexity index is 1120.